The van der Waals surface area contributed by atoms with Crippen LogP contribution in [-0.2, 0) is 6.54 Å². The van der Waals surface area contributed by atoms with E-state index in [1.807, 2.05) is 17.5 Å². The number of aromatic nitrogens is 2. The summed E-state index contributed by atoms with van der Waals surface area (Å²) in [4.78, 5) is 41.4. The standard InChI is InChI=1S/C22H18FN3O3S/c1-13(14-4-7-16(23)8-5-14)24-20(27)15-6-9-18-19(11-15)25-22(29)26(21(18)28)12-17-3-2-10-30-17/h2-11,13H,12H2,1H3,(H,24,27)(H,25,29)/t13-/m0/s1. The molecule has 8 heteroatoms. The normalized spacial score (nSPS) is 12.1. The largest absolute Gasteiger partial charge is 0.346 e. The fourth-order valence-electron chi connectivity index (χ4n) is 3.21. The van der Waals surface area contributed by atoms with Gasteiger partial charge in [-0.1, -0.05) is 18.2 Å². The Morgan fingerprint density at radius 3 is 2.63 bits per heavy atom. The molecule has 0 aliphatic rings. The average molecular weight is 423 g/mol. The lowest BCUT2D eigenvalue weighted by Crippen LogP contribution is -2.35. The quantitative estimate of drug-likeness (QED) is 0.516. The summed E-state index contributed by atoms with van der Waals surface area (Å²) in [5, 5.41) is 5.04. The second kappa shape index (κ2) is 8.08. The second-order valence-corrected chi connectivity index (χ2v) is 7.94. The first-order valence-electron chi connectivity index (χ1n) is 9.28. The molecule has 2 aromatic carbocycles. The third kappa shape index (κ3) is 3.95. The molecule has 1 amide bonds. The van der Waals surface area contributed by atoms with Gasteiger partial charge in [-0.15, -0.1) is 11.3 Å². The van der Waals surface area contributed by atoms with Crippen molar-refractivity contribution >= 4 is 28.1 Å². The lowest BCUT2D eigenvalue weighted by atomic mass is 10.1. The van der Waals surface area contributed by atoms with Gasteiger partial charge < -0.3 is 10.3 Å². The average Bonchev–Trinajstić information content (AvgIpc) is 3.24. The van der Waals surface area contributed by atoms with Gasteiger partial charge in [0.05, 0.1) is 23.5 Å². The number of H-pyrrole nitrogens is 1. The minimum absolute atomic E-state index is 0.194. The number of thiophene rings is 1. The molecule has 2 heterocycles. The fraction of sp³-hybridized carbons (Fsp3) is 0.136. The second-order valence-electron chi connectivity index (χ2n) is 6.91. The SMILES string of the molecule is C[C@H](NC(=O)c1ccc2c(=O)n(Cc3cccs3)c(=O)[nH]c2c1)c1ccc(F)cc1. The Hall–Kier alpha value is -3.52. The first-order chi connectivity index (χ1) is 14.4. The number of amides is 1. The molecule has 1 atom stereocenters. The van der Waals surface area contributed by atoms with Crippen molar-refractivity contribution in [1.82, 2.24) is 14.9 Å². The number of nitrogens with one attached hydrogen (secondary N) is 2. The van der Waals surface area contributed by atoms with Crippen LogP contribution in [0.4, 0.5) is 4.39 Å². The number of carbonyl (C=O) groups excluding carboxylic acids is 1. The van der Waals surface area contributed by atoms with Crippen LogP contribution in [0.1, 0.15) is 33.8 Å². The Kier molecular flexibility index (Phi) is 5.33. The van der Waals surface area contributed by atoms with Gasteiger partial charge in [-0.25, -0.2) is 9.18 Å². The monoisotopic (exact) mass is 423 g/mol. The lowest BCUT2D eigenvalue weighted by molar-refractivity contribution is 0.0940. The van der Waals surface area contributed by atoms with E-state index in [0.29, 0.717) is 16.5 Å². The Balaban J connectivity index is 1.61. The van der Waals surface area contributed by atoms with Gasteiger partial charge in [-0.3, -0.25) is 14.2 Å². The molecule has 0 saturated carbocycles. The van der Waals surface area contributed by atoms with Gasteiger partial charge in [-0.2, -0.15) is 0 Å². The number of rotatable bonds is 5. The molecule has 0 unspecified atom stereocenters. The van der Waals surface area contributed by atoms with Crippen LogP contribution in [0.3, 0.4) is 0 Å². The molecule has 4 rings (SSSR count). The van der Waals surface area contributed by atoms with Crippen molar-refractivity contribution in [3.8, 4) is 0 Å². The van der Waals surface area contributed by atoms with Crippen molar-refractivity contribution in [3.05, 3.63) is 103 Å². The van der Waals surface area contributed by atoms with Crippen molar-refractivity contribution in [2.75, 3.05) is 0 Å². The van der Waals surface area contributed by atoms with Crippen molar-refractivity contribution in [1.29, 1.82) is 0 Å². The van der Waals surface area contributed by atoms with Gasteiger partial charge in [0.1, 0.15) is 5.82 Å². The molecule has 0 spiro atoms. The van der Waals surface area contributed by atoms with Crippen molar-refractivity contribution < 1.29 is 9.18 Å². The van der Waals surface area contributed by atoms with Gasteiger partial charge in [0.15, 0.2) is 0 Å². The van der Waals surface area contributed by atoms with Gasteiger partial charge >= 0.3 is 5.69 Å². The third-order valence-corrected chi connectivity index (χ3v) is 5.72. The molecule has 0 aliphatic heterocycles. The number of hydrogen-bond donors (Lipinski definition) is 2. The Morgan fingerprint density at radius 1 is 1.17 bits per heavy atom. The first-order valence-corrected chi connectivity index (χ1v) is 10.2. The van der Waals surface area contributed by atoms with Crippen LogP contribution in [0.25, 0.3) is 10.9 Å². The zero-order chi connectivity index (χ0) is 21.3. The van der Waals surface area contributed by atoms with E-state index in [0.717, 1.165) is 15.0 Å². The van der Waals surface area contributed by atoms with E-state index < -0.39 is 11.2 Å². The van der Waals surface area contributed by atoms with Crippen molar-refractivity contribution in [3.63, 3.8) is 0 Å². The maximum Gasteiger partial charge on any atom is 0.329 e. The lowest BCUT2D eigenvalue weighted by Gasteiger charge is -2.14. The summed E-state index contributed by atoms with van der Waals surface area (Å²) < 4.78 is 14.2. The summed E-state index contributed by atoms with van der Waals surface area (Å²) in [5.41, 5.74) is 0.430. The summed E-state index contributed by atoms with van der Waals surface area (Å²) in [6.07, 6.45) is 0. The highest BCUT2D eigenvalue weighted by Crippen LogP contribution is 2.15. The summed E-state index contributed by atoms with van der Waals surface area (Å²) in [5.74, 6) is -0.710. The molecule has 152 valence electrons. The topological polar surface area (TPSA) is 84.0 Å². The predicted octanol–water partition coefficient (Wildman–Crippen LogP) is 3.43. The van der Waals surface area contributed by atoms with E-state index in [1.54, 1.807) is 25.1 Å². The highest BCUT2D eigenvalue weighted by Gasteiger charge is 2.14. The van der Waals surface area contributed by atoms with Gasteiger partial charge in [0, 0.05) is 10.4 Å². The zero-order valence-corrected chi connectivity index (χ0v) is 16.8. The number of nitrogens with zero attached hydrogens (tertiary/aromatic N) is 1. The summed E-state index contributed by atoms with van der Waals surface area (Å²) in [7, 11) is 0. The molecule has 2 N–H and O–H groups in total. The van der Waals surface area contributed by atoms with Crippen LogP contribution >= 0.6 is 11.3 Å². The zero-order valence-electron chi connectivity index (χ0n) is 16.0. The Labute approximate surface area is 174 Å². The van der Waals surface area contributed by atoms with Crippen LogP contribution in [0.2, 0.25) is 0 Å². The minimum Gasteiger partial charge on any atom is -0.346 e. The van der Waals surface area contributed by atoms with Crippen LogP contribution in [0.15, 0.2) is 69.6 Å². The number of carbonyl (C=O) groups is 1. The van der Waals surface area contributed by atoms with Gasteiger partial charge in [0.25, 0.3) is 11.5 Å². The molecule has 0 radical (unpaired) electrons. The maximum atomic E-state index is 13.1. The van der Waals surface area contributed by atoms with E-state index in [9.17, 15) is 18.8 Å². The van der Waals surface area contributed by atoms with Crippen molar-refractivity contribution in [2.45, 2.75) is 19.5 Å². The van der Waals surface area contributed by atoms with E-state index in [-0.39, 0.29) is 24.3 Å². The number of hydrogen-bond acceptors (Lipinski definition) is 4. The van der Waals surface area contributed by atoms with Crippen molar-refractivity contribution in [2.24, 2.45) is 0 Å². The smallest absolute Gasteiger partial charge is 0.329 e. The molecule has 6 nitrogen and oxygen atoms in total. The molecule has 0 saturated heterocycles. The minimum atomic E-state index is -0.530. The fourth-order valence-corrected chi connectivity index (χ4v) is 3.91. The van der Waals surface area contributed by atoms with Crippen LogP contribution in [-0.4, -0.2) is 15.5 Å². The number of fused-ring (bicyclic) bond motifs is 1. The third-order valence-electron chi connectivity index (χ3n) is 4.86. The van der Waals surface area contributed by atoms with Crippen LogP contribution in [0.5, 0.6) is 0 Å². The van der Waals surface area contributed by atoms with Crippen LogP contribution < -0.4 is 16.6 Å². The number of halogens is 1. The molecule has 0 fully saturated rings. The Bertz CT molecular complexity index is 1320. The molecule has 2 aromatic heterocycles. The first kappa shape index (κ1) is 19.8. The van der Waals surface area contributed by atoms with Crippen LogP contribution in [0, 0.1) is 5.82 Å². The maximum absolute atomic E-state index is 13.1. The van der Waals surface area contributed by atoms with Gasteiger partial charge in [-0.05, 0) is 54.3 Å². The highest BCUT2D eigenvalue weighted by atomic mass is 32.1. The van der Waals surface area contributed by atoms with E-state index >= 15 is 0 Å². The highest BCUT2D eigenvalue weighted by molar-refractivity contribution is 7.09. The molecule has 30 heavy (non-hydrogen) atoms. The molecule has 0 aliphatic carbocycles. The predicted molar refractivity (Wildman–Crippen MR) is 115 cm³/mol. The molecule has 4 aromatic rings. The Morgan fingerprint density at radius 2 is 1.93 bits per heavy atom. The van der Waals surface area contributed by atoms with Gasteiger partial charge in [0.2, 0.25) is 0 Å². The van der Waals surface area contributed by atoms with E-state index in [1.165, 1.54) is 35.6 Å². The molecular formula is C22H18FN3O3S. The molecule has 0 bridgehead atoms. The summed E-state index contributed by atoms with van der Waals surface area (Å²) in [6, 6.07) is 13.8. The summed E-state index contributed by atoms with van der Waals surface area (Å²) in [6.45, 7) is 1.98. The number of aromatic amines is 1. The number of benzene rings is 2. The van der Waals surface area contributed by atoms with E-state index in [2.05, 4.69) is 10.3 Å². The summed E-state index contributed by atoms with van der Waals surface area (Å²) >= 11 is 1.47. The van der Waals surface area contributed by atoms with E-state index in [4.69, 9.17) is 0 Å². The molecular weight excluding hydrogens is 405 g/mol.